The van der Waals surface area contributed by atoms with Crippen LogP contribution in [0.2, 0.25) is 0 Å². The van der Waals surface area contributed by atoms with Gasteiger partial charge in [0.25, 0.3) is 0 Å². The third-order valence-electron chi connectivity index (χ3n) is 4.17. The van der Waals surface area contributed by atoms with Crippen LogP contribution in [0.4, 0.5) is 0 Å². The van der Waals surface area contributed by atoms with Crippen molar-refractivity contribution in [2.75, 3.05) is 0 Å². The Balaban J connectivity index is 2.45. The van der Waals surface area contributed by atoms with Gasteiger partial charge in [-0.05, 0) is 43.4 Å². The zero-order valence-electron chi connectivity index (χ0n) is 11.4. The Morgan fingerprint density at radius 2 is 1.80 bits per heavy atom. The Labute approximate surface area is 96.0 Å². The van der Waals surface area contributed by atoms with E-state index >= 15 is 0 Å². The summed E-state index contributed by atoms with van der Waals surface area (Å²) in [6.45, 7) is 14.1. The summed E-state index contributed by atoms with van der Waals surface area (Å²) >= 11 is 0. The average Bonchev–Trinajstić information content (AvgIpc) is 2.08. The molecule has 0 aliphatic heterocycles. The third kappa shape index (κ3) is 3.79. The lowest BCUT2D eigenvalue weighted by molar-refractivity contribution is 0.137. The molecule has 1 aliphatic rings. The van der Waals surface area contributed by atoms with Gasteiger partial charge in [-0.3, -0.25) is 0 Å². The fourth-order valence-corrected chi connectivity index (χ4v) is 2.72. The second-order valence-corrected chi connectivity index (χ2v) is 6.69. The number of nitrogens with one attached hydrogen (secondary N) is 1. The van der Waals surface area contributed by atoms with E-state index in [0.29, 0.717) is 11.5 Å². The van der Waals surface area contributed by atoms with Gasteiger partial charge in [0, 0.05) is 12.1 Å². The maximum absolute atomic E-state index is 3.81. The van der Waals surface area contributed by atoms with Crippen LogP contribution in [-0.2, 0) is 0 Å². The van der Waals surface area contributed by atoms with Crippen LogP contribution < -0.4 is 5.32 Å². The smallest absolute Gasteiger partial charge is 0.00956 e. The van der Waals surface area contributed by atoms with Gasteiger partial charge in [-0.15, -0.1) is 0 Å². The fourth-order valence-electron chi connectivity index (χ4n) is 2.72. The Bertz CT molecular complexity index is 196. The molecule has 0 spiro atoms. The molecule has 1 fully saturated rings. The summed E-state index contributed by atoms with van der Waals surface area (Å²) in [4.78, 5) is 0. The highest BCUT2D eigenvalue weighted by Gasteiger charge is 2.32. The van der Waals surface area contributed by atoms with Crippen molar-refractivity contribution in [1.82, 2.24) is 5.32 Å². The van der Waals surface area contributed by atoms with Crippen molar-refractivity contribution >= 4 is 0 Å². The second-order valence-electron chi connectivity index (χ2n) is 6.69. The molecule has 15 heavy (non-hydrogen) atoms. The van der Waals surface area contributed by atoms with Crippen LogP contribution in [0.25, 0.3) is 0 Å². The van der Waals surface area contributed by atoms with Gasteiger partial charge in [-0.1, -0.05) is 34.6 Å². The predicted molar refractivity (Wildman–Crippen MR) is 68.0 cm³/mol. The van der Waals surface area contributed by atoms with Gasteiger partial charge in [-0.2, -0.15) is 0 Å². The van der Waals surface area contributed by atoms with Gasteiger partial charge >= 0.3 is 0 Å². The maximum atomic E-state index is 3.81. The van der Waals surface area contributed by atoms with Crippen LogP contribution in [0.3, 0.4) is 0 Å². The second kappa shape index (κ2) is 4.86. The fraction of sp³-hybridized carbons (Fsp3) is 1.00. The normalized spacial score (nSPS) is 33.0. The Morgan fingerprint density at radius 3 is 2.27 bits per heavy atom. The van der Waals surface area contributed by atoms with Gasteiger partial charge in [0.15, 0.2) is 0 Å². The Kier molecular flexibility index (Phi) is 4.22. The van der Waals surface area contributed by atoms with Gasteiger partial charge < -0.3 is 5.32 Å². The molecule has 3 atom stereocenters. The molecule has 3 unspecified atom stereocenters. The van der Waals surface area contributed by atoms with Gasteiger partial charge in [0.05, 0.1) is 0 Å². The van der Waals surface area contributed by atoms with Gasteiger partial charge in [-0.25, -0.2) is 0 Å². The van der Waals surface area contributed by atoms with Crippen LogP contribution in [0.1, 0.15) is 60.8 Å². The van der Waals surface area contributed by atoms with Crippen LogP contribution in [0, 0.1) is 17.3 Å². The molecule has 0 heterocycles. The van der Waals surface area contributed by atoms with Crippen molar-refractivity contribution in [1.29, 1.82) is 0 Å². The number of rotatable bonds is 3. The third-order valence-corrected chi connectivity index (χ3v) is 4.17. The van der Waals surface area contributed by atoms with E-state index in [4.69, 9.17) is 0 Å². The summed E-state index contributed by atoms with van der Waals surface area (Å²) in [6.07, 6.45) is 4.10. The van der Waals surface area contributed by atoms with E-state index in [1.165, 1.54) is 19.3 Å². The molecule has 1 heteroatoms. The largest absolute Gasteiger partial charge is 0.311 e. The Hall–Kier alpha value is -0.0400. The summed E-state index contributed by atoms with van der Waals surface area (Å²) < 4.78 is 0. The minimum Gasteiger partial charge on any atom is -0.311 e. The highest BCUT2D eigenvalue weighted by Crippen LogP contribution is 2.38. The standard InChI is InChI=1S/C14H29N/c1-10(2)12(4)15-13-7-8-14(5,6)9-11(13)3/h10-13,15H,7-9H2,1-6H3. The molecule has 1 aliphatic carbocycles. The van der Waals surface area contributed by atoms with Crippen LogP contribution >= 0.6 is 0 Å². The highest BCUT2D eigenvalue weighted by atomic mass is 15.0. The quantitative estimate of drug-likeness (QED) is 0.748. The lowest BCUT2D eigenvalue weighted by atomic mass is 9.70. The SMILES string of the molecule is CC(C)C(C)NC1CCC(C)(C)CC1C. The first-order valence-corrected chi connectivity index (χ1v) is 6.58. The molecule has 1 rings (SSSR count). The van der Waals surface area contributed by atoms with E-state index in [2.05, 4.69) is 46.9 Å². The minimum atomic E-state index is 0.568. The van der Waals surface area contributed by atoms with Crippen molar-refractivity contribution in [2.45, 2.75) is 72.9 Å². The van der Waals surface area contributed by atoms with Crippen molar-refractivity contribution in [3.63, 3.8) is 0 Å². The molecule has 0 aromatic rings. The van der Waals surface area contributed by atoms with Crippen molar-refractivity contribution in [2.24, 2.45) is 17.3 Å². The van der Waals surface area contributed by atoms with Crippen molar-refractivity contribution in [3.05, 3.63) is 0 Å². The average molecular weight is 211 g/mol. The van der Waals surface area contributed by atoms with Crippen LogP contribution in [0.5, 0.6) is 0 Å². The first-order valence-electron chi connectivity index (χ1n) is 6.58. The van der Waals surface area contributed by atoms with E-state index in [0.717, 1.165) is 17.9 Å². The lowest BCUT2D eigenvalue weighted by Gasteiger charge is -2.41. The zero-order valence-corrected chi connectivity index (χ0v) is 11.4. The molecule has 0 aromatic heterocycles. The van der Waals surface area contributed by atoms with Crippen molar-refractivity contribution < 1.29 is 0 Å². The van der Waals surface area contributed by atoms with Gasteiger partial charge in [0.1, 0.15) is 0 Å². The molecule has 1 N–H and O–H groups in total. The number of hydrogen-bond donors (Lipinski definition) is 1. The molecule has 1 nitrogen and oxygen atoms in total. The van der Waals surface area contributed by atoms with Gasteiger partial charge in [0.2, 0.25) is 0 Å². The molecule has 90 valence electrons. The first kappa shape index (κ1) is 13.0. The summed E-state index contributed by atoms with van der Waals surface area (Å²) in [5.41, 5.74) is 0.568. The summed E-state index contributed by atoms with van der Waals surface area (Å²) in [5, 5.41) is 3.81. The molecule has 0 radical (unpaired) electrons. The minimum absolute atomic E-state index is 0.568. The molecular formula is C14H29N. The first-order chi connectivity index (χ1) is 6.82. The molecule has 0 amide bonds. The molecule has 1 saturated carbocycles. The lowest BCUT2D eigenvalue weighted by Crippen LogP contribution is -2.46. The molecule has 0 bridgehead atoms. The predicted octanol–water partition coefficient (Wildman–Crippen LogP) is 3.84. The van der Waals surface area contributed by atoms with Crippen molar-refractivity contribution in [3.8, 4) is 0 Å². The van der Waals surface area contributed by atoms with E-state index in [1.807, 2.05) is 0 Å². The molecular weight excluding hydrogens is 182 g/mol. The molecule has 0 saturated heterocycles. The van der Waals surface area contributed by atoms with Crippen LogP contribution in [-0.4, -0.2) is 12.1 Å². The van der Waals surface area contributed by atoms with Crippen LogP contribution in [0.15, 0.2) is 0 Å². The maximum Gasteiger partial charge on any atom is 0.00956 e. The Morgan fingerprint density at radius 1 is 1.20 bits per heavy atom. The summed E-state index contributed by atoms with van der Waals surface area (Å²) in [6, 6.07) is 1.40. The van der Waals surface area contributed by atoms with E-state index < -0.39 is 0 Å². The number of hydrogen-bond acceptors (Lipinski definition) is 1. The monoisotopic (exact) mass is 211 g/mol. The van der Waals surface area contributed by atoms with E-state index in [9.17, 15) is 0 Å². The summed E-state index contributed by atoms with van der Waals surface area (Å²) in [5.74, 6) is 1.57. The zero-order chi connectivity index (χ0) is 11.6. The van der Waals surface area contributed by atoms with E-state index in [1.54, 1.807) is 0 Å². The topological polar surface area (TPSA) is 12.0 Å². The van der Waals surface area contributed by atoms with E-state index in [-0.39, 0.29) is 0 Å². The summed E-state index contributed by atoms with van der Waals surface area (Å²) in [7, 11) is 0. The highest BCUT2D eigenvalue weighted by molar-refractivity contribution is 4.88. The molecule has 0 aromatic carbocycles.